The quantitative estimate of drug-likeness (QED) is 0.875. The number of ether oxygens (including phenoxy) is 1. The normalized spacial score (nSPS) is 11.8. The Morgan fingerprint density at radius 2 is 2.22 bits per heavy atom. The van der Waals surface area contributed by atoms with Crippen LogP contribution in [0.1, 0.15) is 6.92 Å². The molecule has 0 aliphatic heterocycles. The first-order valence-electron chi connectivity index (χ1n) is 5.13. The van der Waals surface area contributed by atoms with Gasteiger partial charge in [-0.1, -0.05) is 45.7 Å². The number of rotatable bonds is 5. The standard InChI is InChI=1S/C12H12BrCl2NO2/c1-7(13)6-16-12(17)8(2)18-11-4-3-9(14)5-10(11)15/h3-5,8H,1,6H2,2H3,(H,16,17). The number of amides is 1. The maximum Gasteiger partial charge on any atom is 0.261 e. The molecule has 0 aliphatic carbocycles. The highest BCUT2D eigenvalue weighted by molar-refractivity contribution is 9.11. The van der Waals surface area contributed by atoms with Crippen molar-refractivity contribution in [2.75, 3.05) is 6.54 Å². The topological polar surface area (TPSA) is 38.3 Å². The second-order valence-corrected chi connectivity index (χ2v) is 5.53. The molecule has 1 amide bonds. The van der Waals surface area contributed by atoms with E-state index >= 15 is 0 Å². The van der Waals surface area contributed by atoms with Gasteiger partial charge in [-0.15, -0.1) is 0 Å². The van der Waals surface area contributed by atoms with E-state index in [1.165, 1.54) is 0 Å². The summed E-state index contributed by atoms with van der Waals surface area (Å²) >= 11 is 14.9. The molecule has 6 heteroatoms. The molecule has 1 unspecified atom stereocenters. The van der Waals surface area contributed by atoms with Crippen molar-refractivity contribution in [1.29, 1.82) is 0 Å². The lowest BCUT2D eigenvalue weighted by molar-refractivity contribution is -0.127. The lowest BCUT2D eigenvalue weighted by atomic mass is 10.3. The second-order valence-electron chi connectivity index (χ2n) is 3.57. The van der Waals surface area contributed by atoms with Crippen LogP contribution in [0.5, 0.6) is 5.75 Å². The smallest absolute Gasteiger partial charge is 0.261 e. The Bertz CT molecular complexity index is 465. The molecule has 1 atom stereocenters. The average Bonchev–Trinajstić information content (AvgIpc) is 2.29. The molecule has 0 aromatic heterocycles. The summed E-state index contributed by atoms with van der Waals surface area (Å²) in [6.07, 6.45) is -0.657. The van der Waals surface area contributed by atoms with Crippen LogP contribution in [0.3, 0.4) is 0 Å². The number of carbonyl (C=O) groups excluding carboxylic acids is 1. The molecular weight excluding hydrogens is 341 g/mol. The Morgan fingerprint density at radius 3 is 2.78 bits per heavy atom. The fourth-order valence-electron chi connectivity index (χ4n) is 1.14. The minimum absolute atomic E-state index is 0.249. The average molecular weight is 353 g/mol. The van der Waals surface area contributed by atoms with Gasteiger partial charge in [0.05, 0.1) is 5.02 Å². The van der Waals surface area contributed by atoms with Crippen molar-refractivity contribution in [2.45, 2.75) is 13.0 Å². The SMILES string of the molecule is C=C(Br)CNC(=O)C(C)Oc1ccc(Cl)cc1Cl. The minimum Gasteiger partial charge on any atom is -0.479 e. The van der Waals surface area contributed by atoms with Gasteiger partial charge in [-0.05, 0) is 25.1 Å². The first-order valence-corrected chi connectivity index (χ1v) is 6.67. The molecule has 0 fully saturated rings. The summed E-state index contributed by atoms with van der Waals surface area (Å²) in [4.78, 5) is 11.7. The van der Waals surface area contributed by atoms with Crippen LogP contribution >= 0.6 is 39.1 Å². The summed E-state index contributed by atoms with van der Waals surface area (Å²) in [5, 5.41) is 3.54. The monoisotopic (exact) mass is 351 g/mol. The number of halogens is 3. The summed E-state index contributed by atoms with van der Waals surface area (Å²) < 4.78 is 6.13. The van der Waals surface area contributed by atoms with E-state index in [1.54, 1.807) is 25.1 Å². The second kappa shape index (κ2) is 7.02. The van der Waals surface area contributed by atoms with Crippen molar-refractivity contribution in [3.05, 3.63) is 39.3 Å². The number of hydrogen-bond acceptors (Lipinski definition) is 2. The Balaban J connectivity index is 2.60. The van der Waals surface area contributed by atoms with Crippen molar-refractivity contribution in [2.24, 2.45) is 0 Å². The van der Waals surface area contributed by atoms with E-state index in [4.69, 9.17) is 27.9 Å². The molecule has 1 N–H and O–H groups in total. The van der Waals surface area contributed by atoms with E-state index in [-0.39, 0.29) is 5.91 Å². The summed E-state index contributed by atoms with van der Waals surface area (Å²) in [7, 11) is 0. The van der Waals surface area contributed by atoms with E-state index in [9.17, 15) is 4.79 Å². The van der Waals surface area contributed by atoms with Crippen molar-refractivity contribution in [3.8, 4) is 5.75 Å². The van der Waals surface area contributed by atoms with Crippen LogP contribution in [-0.2, 0) is 4.79 Å². The van der Waals surface area contributed by atoms with Gasteiger partial charge in [0.2, 0.25) is 0 Å². The molecule has 0 saturated carbocycles. The molecule has 1 aromatic rings. The summed E-state index contributed by atoms with van der Waals surface area (Å²) in [6.45, 7) is 5.60. The molecule has 18 heavy (non-hydrogen) atoms. The first-order chi connectivity index (χ1) is 8.40. The van der Waals surface area contributed by atoms with Gasteiger partial charge >= 0.3 is 0 Å². The van der Waals surface area contributed by atoms with Crippen LogP contribution in [0.15, 0.2) is 29.3 Å². The van der Waals surface area contributed by atoms with Crippen LogP contribution < -0.4 is 10.1 Å². The van der Waals surface area contributed by atoms with Crippen molar-refractivity contribution in [3.63, 3.8) is 0 Å². The number of nitrogens with one attached hydrogen (secondary N) is 1. The maximum absolute atomic E-state index is 11.7. The molecule has 3 nitrogen and oxygen atoms in total. The van der Waals surface area contributed by atoms with Gasteiger partial charge < -0.3 is 10.1 Å². The predicted molar refractivity (Wildman–Crippen MR) is 77.6 cm³/mol. The van der Waals surface area contributed by atoms with Crippen molar-refractivity contribution < 1.29 is 9.53 Å². The number of hydrogen-bond donors (Lipinski definition) is 1. The van der Waals surface area contributed by atoms with E-state index in [0.717, 1.165) is 0 Å². The first kappa shape index (κ1) is 15.3. The molecule has 0 saturated heterocycles. The molecule has 1 rings (SSSR count). The molecule has 0 spiro atoms. The molecule has 98 valence electrons. The van der Waals surface area contributed by atoms with Crippen LogP contribution in [-0.4, -0.2) is 18.6 Å². The Kier molecular flexibility index (Phi) is 5.99. The van der Waals surface area contributed by atoms with Gasteiger partial charge in [0.1, 0.15) is 5.75 Å². The summed E-state index contributed by atoms with van der Waals surface area (Å²) in [6, 6.07) is 4.83. The highest BCUT2D eigenvalue weighted by Crippen LogP contribution is 2.28. The third-order valence-corrected chi connectivity index (χ3v) is 2.83. The third kappa shape index (κ3) is 4.88. The van der Waals surface area contributed by atoms with Crippen molar-refractivity contribution >= 4 is 45.0 Å². The highest BCUT2D eigenvalue weighted by atomic mass is 79.9. The van der Waals surface area contributed by atoms with Crippen molar-refractivity contribution in [1.82, 2.24) is 5.32 Å². The van der Waals surface area contributed by atoms with Crippen LogP contribution in [0, 0.1) is 0 Å². The lowest BCUT2D eigenvalue weighted by Gasteiger charge is -2.15. The highest BCUT2D eigenvalue weighted by Gasteiger charge is 2.15. The fraction of sp³-hybridized carbons (Fsp3) is 0.250. The van der Waals surface area contributed by atoms with Crippen LogP contribution in [0.4, 0.5) is 0 Å². The zero-order chi connectivity index (χ0) is 13.7. The predicted octanol–water partition coefficient (Wildman–Crippen LogP) is 3.79. The fourth-order valence-corrected chi connectivity index (χ4v) is 1.73. The van der Waals surface area contributed by atoms with Gasteiger partial charge in [-0.2, -0.15) is 0 Å². The largest absolute Gasteiger partial charge is 0.479 e. The molecule has 1 aromatic carbocycles. The number of benzene rings is 1. The zero-order valence-electron chi connectivity index (χ0n) is 9.67. The van der Waals surface area contributed by atoms with Gasteiger partial charge in [-0.25, -0.2) is 0 Å². The minimum atomic E-state index is -0.657. The van der Waals surface area contributed by atoms with Crippen LogP contribution in [0.2, 0.25) is 10.0 Å². The summed E-state index contributed by atoms with van der Waals surface area (Å²) in [5.74, 6) is 0.169. The van der Waals surface area contributed by atoms with Gasteiger partial charge in [-0.3, -0.25) is 4.79 Å². The van der Waals surface area contributed by atoms with Gasteiger partial charge in [0.15, 0.2) is 6.10 Å². The lowest BCUT2D eigenvalue weighted by Crippen LogP contribution is -2.36. The Labute approximate surface area is 124 Å². The molecule has 0 heterocycles. The van der Waals surface area contributed by atoms with Crippen LogP contribution in [0.25, 0.3) is 0 Å². The maximum atomic E-state index is 11.7. The van der Waals surface area contributed by atoms with Gasteiger partial charge in [0, 0.05) is 16.0 Å². The van der Waals surface area contributed by atoms with E-state index in [2.05, 4.69) is 27.8 Å². The third-order valence-electron chi connectivity index (χ3n) is 2.02. The molecule has 0 radical (unpaired) electrons. The molecular formula is C12H12BrCl2NO2. The van der Waals surface area contributed by atoms with E-state index in [1.807, 2.05) is 0 Å². The van der Waals surface area contributed by atoms with E-state index < -0.39 is 6.10 Å². The van der Waals surface area contributed by atoms with Gasteiger partial charge in [0.25, 0.3) is 5.91 Å². The zero-order valence-corrected chi connectivity index (χ0v) is 12.8. The Hall–Kier alpha value is -0.710. The molecule has 0 bridgehead atoms. The summed E-state index contributed by atoms with van der Waals surface area (Å²) in [5.41, 5.74) is 0. The van der Waals surface area contributed by atoms with E-state index in [0.29, 0.717) is 26.8 Å². The Morgan fingerprint density at radius 1 is 1.56 bits per heavy atom. The molecule has 0 aliphatic rings. The number of carbonyl (C=O) groups is 1.